The molecule has 1 rings (SSSR count). The van der Waals surface area contributed by atoms with Crippen molar-refractivity contribution in [3.8, 4) is 0 Å². The average Bonchev–Trinajstić information content (AvgIpc) is 2.38. The number of rotatable bonds is 8. The highest BCUT2D eigenvalue weighted by Crippen LogP contribution is 2.25. The van der Waals surface area contributed by atoms with Crippen LogP contribution in [-0.2, 0) is 11.0 Å². The number of hydrogen-bond donors (Lipinski definition) is 4. The molecule has 5 N–H and O–H groups in total. The smallest absolute Gasteiger partial charge is 0.399 e. The number of para-hydroxylation sites is 1. The van der Waals surface area contributed by atoms with Gasteiger partial charge in [0, 0.05) is 5.69 Å². The van der Waals surface area contributed by atoms with Gasteiger partial charge in [-0.3, -0.25) is 0 Å². The number of hydrogen-bond acceptors (Lipinski definition) is 2. The van der Waals surface area contributed by atoms with E-state index < -0.39 is 7.82 Å². The minimum absolute atomic E-state index is 0.952. The van der Waals surface area contributed by atoms with Crippen molar-refractivity contribution in [1.82, 2.24) is 0 Å². The summed E-state index contributed by atoms with van der Waals surface area (Å²) in [4.78, 5) is 21.6. The first-order chi connectivity index (χ1) is 9.84. The van der Waals surface area contributed by atoms with E-state index in [9.17, 15) is 0 Å². The van der Waals surface area contributed by atoms with Gasteiger partial charge in [0.2, 0.25) is 0 Å². The summed E-state index contributed by atoms with van der Waals surface area (Å²) in [6, 6.07) is 8.22. The van der Waals surface area contributed by atoms with Gasteiger partial charge in [-0.15, -0.1) is 0 Å². The van der Waals surface area contributed by atoms with Gasteiger partial charge in [-0.2, -0.15) is 0 Å². The van der Waals surface area contributed by atoms with Crippen molar-refractivity contribution >= 4 is 13.5 Å². The monoisotopic (exact) mass is 317 g/mol. The summed E-state index contributed by atoms with van der Waals surface area (Å²) in [5, 5.41) is 0. The Kier molecular flexibility index (Phi) is 11.3. The van der Waals surface area contributed by atoms with Crippen molar-refractivity contribution in [2.75, 3.05) is 5.73 Å². The molecule has 0 amide bonds. The third kappa shape index (κ3) is 15.3. The first-order valence-electron chi connectivity index (χ1n) is 7.46. The molecule has 0 aromatic heterocycles. The summed E-state index contributed by atoms with van der Waals surface area (Å²) in [6.45, 7) is 2.26. The summed E-state index contributed by atoms with van der Waals surface area (Å²) in [6.07, 6.45) is 10.7. The number of phosphoric acid groups is 1. The van der Waals surface area contributed by atoms with Crippen LogP contribution in [0.15, 0.2) is 24.3 Å². The fourth-order valence-electron chi connectivity index (χ4n) is 2.03. The second-order valence-corrected chi connectivity index (χ2v) is 6.11. The second-order valence-electron chi connectivity index (χ2n) is 5.08. The molecule has 0 unspecified atom stereocenters. The molecule has 0 saturated carbocycles. The highest BCUT2D eigenvalue weighted by atomic mass is 31.2. The van der Waals surface area contributed by atoms with Gasteiger partial charge >= 0.3 is 7.82 Å². The van der Waals surface area contributed by atoms with Crippen molar-refractivity contribution < 1.29 is 19.2 Å². The lowest BCUT2D eigenvalue weighted by molar-refractivity contribution is 0.275. The number of unbranched alkanes of at least 4 members (excludes halogenated alkanes) is 6. The van der Waals surface area contributed by atoms with Gasteiger partial charge in [0.25, 0.3) is 0 Å². The van der Waals surface area contributed by atoms with Crippen molar-refractivity contribution in [2.45, 2.75) is 58.3 Å². The van der Waals surface area contributed by atoms with Gasteiger partial charge in [0.05, 0.1) is 0 Å². The van der Waals surface area contributed by atoms with Gasteiger partial charge in [0.15, 0.2) is 0 Å². The molecular weight excluding hydrogens is 289 g/mol. The lowest BCUT2D eigenvalue weighted by atomic mass is 10.0. The molecule has 0 aliphatic carbocycles. The van der Waals surface area contributed by atoms with Gasteiger partial charge in [-0.25, -0.2) is 4.57 Å². The molecule has 0 aliphatic heterocycles. The fraction of sp³-hybridized carbons (Fsp3) is 0.600. The minimum Gasteiger partial charge on any atom is -0.399 e. The Bertz CT molecular complexity index is 412. The Morgan fingerprint density at radius 1 is 0.952 bits per heavy atom. The Morgan fingerprint density at radius 2 is 1.43 bits per heavy atom. The van der Waals surface area contributed by atoms with Crippen molar-refractivity contribution in [3.63, 3.8) is 0 Å². The minimum atomic E-state index is -4.64. The zero-order valence-corrected chi connectivity index (χ0v) is 13.6. The maximum Gasteiger partial charge on any atom is 0.466 e. The number of benzene rings is 1. The Hall–Kier alpha value is -0.870. The Labute approximate surface area is 127 Å². The van der Waals surface area contributed by atoms with E-state index in [-0.39, 0.29) is 0 Å². The molecule has 21 heavy (non-hydrogen) atoms. The summed E-state index contributed by atoms with van der Waals surface area (Å²) < 4.78 is 8.88. The van der Waals surface area contributed by atoms with Crippen LogP contribution in [0.2, 0.25) is 0 Å². The highest BCUT2D eigenvalue weighted by molar-refractivity contribution is 7.45. The van der Waals surface area contributed by atoms with Gasteiger partial charge in [0.1, 0.15) is 0 Å². The molecule has 0 atom stereocenters. The van der Waals surface area contributed by atoms with E-state index >= 15 is 0 Å². The average molecular weight is 317 g/mol. The second kappa shape index (κ2) is 11.8. The molecule has 122 valence electrons. The SMILES string of the molecule is CCCCCCCCCc1ccccc1N.O=P(O)(O)O. The molecule has 0 saturated heterocycles. The maximum atomic E-state index is 8.88. The fourth-order valence-corrected chi connectivity index (χ4v) is 2.03. The van der Waals surface area contributed by atoms with E-state index in [0.29, 0.717) is 0 Å². The summed E-state index contributed by atoms with van der Waals surface area (Å²) >= 11 is 0. The first-order valence-corrected chi connectivity index (χ1v) is 9.02. The van der Waals surface area contributed by atoms with Gasteiger partial charge < -0.3 is 20.4 Å². The molecule has 5 nitrogen and oxygen atoms in total. The first kappa shape index (κ1) is 20.1. The summed E-state index contributed by atoms with van der Waals surface area (Å²) in [7, 11) is -4.64. The van der Waals surface area contributed by atoms with E-state index in [2.05, 4.69) is 19.1 Å². The standard InChI is InChI=1S/C15H25N.H3O4P/c1-2-3-4-5-6-7-8-11-14-12-9-10-13-15(14)16;1-5(2,3)4/h9-10,12-13H,2-8,11,16H2,1H3;(H3,1,2,3,4). The van der Waals surface area contributed by atoms with Crippen LogP contribution in [0.5, 0.6) is 0 Å². The number of aryl methyl sites for hydroxylation is 1. The predicted octanol–water partition coefficient (Wildman–Crippen LogP) is 3.63. The summed E-state index contributed by atoms with van der Waals surface area (Å²) in [5.74, 6) is 0. The van der Waals surface area contributed by atoms with E-state index in [1.165, 1.54) is 50.5 Å². The summed E-state index contributed by atoms with van der Waals surface area (Å²) in [5.41, 5.74) is 8.17. The predicted molar refractivity (Wildman–Crippen MR) is 86.8 cm³/mol. The van der Waals surface area contributed by atoms with E-state index in [4.69, 9.17) is 25.0 Å². The zero-order valence-electron chi connectivity index (χ0n) is 12.7. The van der Waals surface area contributed by atoms with Crippen molar-refractivity contribution in [1.29, 1.82) is 0 Å². The molecule has 0 radical (unpaired) electrons. The molecule has 0 spiro atoms. The molecule has 1 aromatic rings. The van der Waals surface area contributed by atoms with E-state index in [0.717, 1.165) is 12.1 Å². The highest BCUT2D eigenvalue weighted by Gasteiger charge is 2.00. The lowest BCUT2D eigenvalue weighted by Crippen LogP contribution is -1.93. The van der Waals surface area contributed by atoms with Crippen LogP contribution in [0.1, 0.15) is 57.4 Å². The van der Waals surface area contributed by atoms with Crippen LogP contribution < -0.4 is 5.73 Å². The van der Waals surface area contributed by atoms with Crippen LogP contribution in [-0.4, -0.2) is 14.7 Å². The van der Waals surface area contributed by atoms with E-state index in [1.807, 2.05) is 12.1 Å². The number of nitrogens with two attached hydrogens (primary N) is 1. The van der Waals surface area contributed by atoms with E-state index in [1.54, 1.807) is 0 Å². The molecule has 0 bridgehead atoms. The maximum absolute atomic E-state index is 8.88. The van der Waals surface area contributed by atoms with Crippen LogP contribution >= 0.6 is 7.82 Å². The molecule has 6 heteroatoms. The van der Waals surface area contributed by atoms with Gasteiger partial charge in [-0.05, 0) is 24.5 Å². The van der Waals surface area contributed by atoms with Crippen molar-refractivity contribution in [3.05, 3.63) is 29.8 Å². The van der Waals surface area contributed by atoms with Gasteiger partial charge in [-0.1, -0.05) is 63.6 Å². The topological polar surface area (TPSA) is 104 Å². The van der Waals surface area contributed by atoms with Crippen LogP contribution in [0.4, 0.5) is 5.69 Å². The Balaban J connectivity index is 0.000000690. The number of nitrogen functional groups attached to an aromatic ring is 1. The quantitative estimate of drug-likeness (QED) is 0.333. The number of anilines is 1. The third-order valence-corrected chi connectivity index (χ3v) is 3.10. The van der Waals surface area contributed by atoms with Crippen LogP contribution in [0, 0.1) is 0 Å². The molecule has 0 aliphatic rings. The van der Waals surface area contributed by atoms with Crippen LogP contribution in [0.3, 0.4) is 0 Å². The normalized spacial score (nSPS) is 10.9. The zero-order chi connectivity index (χ0) is 16.1. The lowest BCUT2D eigenvalue weighted by Gasteiger charge is -2.05. The third-order valence-electron chi connectivity index (χ3n) is 3.10. The van der Waals surface area contributed by atoms with Crippen molar-refractivity contribution in [2.24, 2.45) is 0 Å². The molecule has 0 heterocycles. The van der Waals surface area contributed by atoms with Crippen LogP contribution in [0.25, 0.3) is 0 Å². The Morgan fingerprint density at radius 3 is 1.95 bits per heavy atom. The molecule has 0 fully saturated rings. The molecule has 1 aromatic carbocycles. The molecular formula is C15H28NO4P. The largest absolute Gasteiger partial charge is 0.466 e.